The second kappa shape index (κ2) is 19.4. The third-order valence-corrected chi connectivity index (χ3v) is 7.30. The first-order chi connectivity index (χ1) is 18.6. The number of benzene rings is 1. The van der Waals surface area contributed by atoms with Crippen molar-refractivity contribution in [2.24, 2.45) is 5.92 Å². The van der Waals surface area contributed by atoms with E-state index in [0.717, 1.165) is 44.1 Å². The van der Waals surface area contributed by atoms with E-state index in [9.17, 15) is 14.4 Å². The Kier molecular flexibility index (Phi) is 16.2. The lowest BCUT2D eigenvalue weighted by molar-refractivity contribution is -0.190. The molecule has 4 atom stereocenters. The summed E-state index contributed by atoms with van der Waals surface area (Å²) < 4.78 is 11.5. The second-order valence-electron chi connectivity index (χ2n) is 10.5. The van der Waals surface area contributed by atoms with Crippen LogP contribution in [0.2, 0.25) is 0 Å². The van der Waals surface area contributed by atoms with Crippen molar-refractivity contribution in [1.29, 1.82) is 0 Å². The first-order valence-corrected chi connectivity index (χ1v) is 14.9. The quantitative estimate of drug-likeness (QED) is 0.0771. The van der Waals surface area contributed by atoms with Gasteiger partial charge in [-0.15, -0.1) is 0 Å². The van der Waals surface area contributed by atoms with Crippen molar-refractivity contribution in [2.75, 3.05) is 0 Å². The monoisotopic (exact) mass is 527 g/mol. The Morgan fingerprint density at radius 1 is 0.974 bits per heavy atom. The number of rotatable bonds is 22. The summed E-state index contributed by atoms with van der Waals surface area (Å²) in [7, 11) is 0. The van der Waals surface area contributed by atoms with Gasteiger partial charge in [-0.25, -0.2) is 4.79 Å². The summed E-state index contributed by atoms with van der Waals surface area (Å²) in [4.78, 5) is 36.5. The maximum atomic E-state index is 13.1. The van der Waals surface area contributed by atoms with Gasteiger partial charge in [-0.2, -0.15) is 0 Å². The summed E-state index contributed by atoms with van der Waals surface area (Å²) in [6.45, 7) is 4.39. The fourth-order valence-corrected chi connectivity index (χ4v) is 4.96. The van der Waals surface area contributed by atoms with Crippen molar-refractivity contribution in [3.8, 4) is 0 Å². The van der Waals surface area contributed by atoms with E-state index < -0.39 is 12.0 Å². The molecule has 1 aromatic carbocycles. The Morgan fingerprint density at radius 3 is 2.34 bits per heavy atom. The number of ether oxygens (including phenoxy) is 2. The van der Waals surface area contributed by atoms with Crippen LogP contribution in [0.15, 0.2) is 42.5 Å². The first-order valence-electron chi connectivity index (χ1n) is 14.9. The summed E-state index contributed by atoms with van der Waals surface area (Å²) in [5, 5.41) is 2.62. The highest BCUT2D eigenvalue weighted by Crippen LogP contribution is 2.32. The van der Waals surface area contributed by atoms with E-state index in [1.54, 1.807) is 0 Å². The van der Waals surface area contributed by atoms with Crippen LogP contribution in [0.3, 0.4) is 0 Å². The number of hydrogen-bond donors (Lipinski definition) is 1. The lowest BCUT2D eigenvalue weighted by Crippen LogP contribution is -2.48. The van der Waals surface area contributed by atoms with Crippen molar-refractivity contribution >= 4 is 18.3 Å². The SMILES string of the molecule is CCCCCCC/C=C/CC[C@@H](C[C@@H]1OC(=O)[C@H]1CCCCCC)OC(=O)[C@H](Cc1ccccc1)NC=O. The van der Waals surface area contributed by atoms with E-state index in [1.165, 1.54) is 38.5 Å². The molecule has 0 aliphatic carbocycles. The minimum absolute atomic E-state index is 0.111. The van der Waals surface area contributed by atoms with Crippen LogP contribution in [-0.4, -0.2) is 36.6 Å². The van der Waals surface area contributed by atoms with Gasteiger partial charge in [-0.3, -0.25) is 9.59 Å². The molecule has 0 saturated carbocycles. The largest absolute Gasteiger partial charge is 0.461 e. The molecule has 0 bridgehead atoms. The molecule has 0 radical (unpaired) electrons. The van der Waals surface area contributed by atoms with Crippen LogP contribution in [0.5, 0.6) is 0 Å². The van der Waals surface area contributed by atoms with Crippen LogP contribution >= 0.6 is 0 Å². The minimum atomic E-state index is -0.759. The smallest absolute Gasteiger partial charge is 0.329 e. The van der Waals surface area contributed by atoms with Crippen molar-refractivity contribution < 1.29 is 23.9 Å². The molecular formula is C32H49NO5. The topological polar surface area (TPSA) is 81.7 Å². The van der Waals surface area contributed by atoms with E-state index in [0.29, 0.717) is 25.7 Å². The van der Waals surface area contributed by atoms with Crippen LogP contribution in [0.25, 0.3) is 0 Å². The molecule has 1 fully saturated rings. The Hall–Kier alpha value is -2.63. The fraction of sp³-hybridized carbons (Fsp3) is 0.656. The van der Waals surface area contributed by atoms with Crippen molar-refractivity contribution in [2.45, 2.75) is 128 Å². The lowest BCUT2D eigenvalue weighted by Gasteiger charge is -2.37. The predicted molar refractivity (Wildman–Crippen MR) is 152 cm³/mol. The molecule has 1 aromatic rings. The Bertz CT molecular complexity index is 824. The van der Waals surface area contributed by atoms with Crippen LogP contribution in [-0.2, 0) is 30.3 Å². The average Bonchev–Trinajstić information content (AvgIpc) is 2.91. The molecule has 1 N–H and O–H groups in total. The van der Waals surface area contributed by atoms with Gasteiger partial charge in [-0.1, -0.05) is 108 Å². The number of unbranched alkanes of at least 4 members (excludes halogenated alkanes) is 8. The highest BCUT2D eigenvalue weighted by Gasteiger charge is 2.43. The summed E-state index contributed by atoms with van der Waals surface area (Å²) in [5.41, 5.74) is 0.947. The summed E-state index contributed by atoms with van der Waals surface area (Å²) >= 11 is 0. The van der Waals surface area contributed by atoms with Crippen LogP contribution in [0.1, 0.15) is 109 Å². The van der Waals surface area contributed by atoms with Gasteiger partial charge >= 0.3 is 11.9 Å². The molecule has 212 valence electrons. The molecule has 38 heavy (non-hydrogen) atoms. The minimum Gasteiger partial charge on any atom is -0.461 e. The number of esters is 2. The molecule has 1 amide bonds. The fourth-order valence-electron chi connectivity index (χ4n) is 4.96. The molecule has 0 unspecified atom stereocenters. The average molecular weight is 528 g/mol. The summed E-state index contributed by atoms with van der Waals surface area (Å²) in [5.74, 6) is -0.694. The number of allylic oxidation sites excluding steroid dienone is 2. The molecule has 1 aliphatic heterocycles. The number of hydrogen-bond acceptors (Lipinski definition) is 5. The van der Waals surface area contributed by atoms with Gasteiger partial charge in [0, 0.05) is 12.8 Å². The van der Waals surface area contributed by atoms with Gasteiger partial charge in [0.2, 0.25) is 6.41 Å². The maximum Gasteiger partial charge on any atom is 0.329 e. The zero-order chi connectivity index (χ0) is 27.4. The number of nitrogens with one attached hydrogen (secondary N) is 1. The van der Waals surface area contributed by atoms with E-state index in [2.05, 4.69) is 31.3 Å². The molecule has 0 aromatic heterocycles. The molecular weight excluding hydrogens is 478 g/mol. The van der Waals surface area contributed by atoms with Gasteiger partial charge in [0.15, 0.2) is 0 Å². The van der Waals surface area contributed by atoms with Crippen LogP contribution in [0.4, 0.5) is 0 Å². The van der Waals surface area contributed by atoms with Crippen molar-refractivity contribution in [1.82, 2.24) is 5.32 Å². The van der Waals surface area contributed by atoms with Gasteiger partial charge in [0.25, 0.3) is 0 Å². The van der Waals surface area contributed by atoms with Gasteiger partial charge in [0.05, 0.1) is 5.92 Å². The number of carbonyl (C=O) groups excluding carboxylic acids is 3. The standard InChI is InChI=1S/C32H49NO5/c1-3-5-7-9-10-11-12-13-17-21-27(24-30-28(31(35)38-30)22-18-8-6-4-2)37-32(36)29(33-25-34)23-26-19-15-14-16-20-26/h12-16,19-20,25,27-30H,3-11,17-18,21-24H2,1-2H3,(H,33,34)/b13-12+/t27-,28-,29-,30-/m0/s1. The highest BCUT2D eigenvalue weighted by atomic mass is 16.6. The lowest BCUT2D eigenvalue weighted by atomic mass is 9.86. The van der Waals surface area contributed by atoms with E-state index in [1.807, 2.05) is 30.3 Å². The number of carbonyl (C=O) groups is 3. The third kappa shape index (κ3) is 12.3. The van der Waals surface area contributed by atoms with E-state index in [-0.39, 0.29) is 24.1 Å². The highest BCUT2D eigenvalue weighted by molar-refractivity contribution is 5.79. The normalized spacial score (nSPS) is 18.4. The van der Waals surface area contributed by atoms with Gasteiger partial charge in [-0.05, 0) is 37.7 Å². The molecule has 0 spiro atoms. The first kappa shape index (κ1) is 31.6. The van der Waals surface area contributed by atoms with Crippen LogP contribution in [0, 0.1) is 5.92 Å². The molecule has 1 heterocycles. The number of amides is 1. The molecule has 6 nitrogen and oxygen atoms in total. The van der Waals surface area contributed by atoms with E-state index in [4.69, 9.17) is 9.47 Å². The van der Waals surface area contributed by atoms with Gasteiger partial charge < -0.3 is 14.8 Å². The Balaban J connectivity index is 1.94. The molecule has 1 saturated heterocycles. The van der Waals surface area contributed by atoms with E-state index >= 15 is 0 Å². The summed E-state index contributed by atoms with van der Waals surface area (Å²) in [6.07, 6.45) is 19.3. The Labute approximate surface area is 229 Å². The zero-order valence-electron chi connectivity index (χ0n) is 23.6. The second-order valence-corrected chi connectivity index (χ2v) is 10.5. The maximum absolute atomic E-state index is 13.1. The van der Waals surface area contributed by atoms with Crippen molar-refractivity contribution in [3.05, 3.63) is 48.0 Å². The Morgan fingerprint density at radius 2 is 1.66 bits per heavy atom. The third-order valence-electron chi connectivity index (χ3n) is 7.30. The molecule has 6 heteroatoms. The zero-order valence-corrected chi connectivity index (χ0v) is 23.6. The van der Waals surface area contributed by atoms with Crippen LogP contribution < -0.4 is 5.32 Å². The molecule has 1 aliphatic rings. The van der Waals surface area contributed by atoms with Crippen molar-refractivity contribution in [3.63, 3.8) is 0 Å². The van der Waals surface area contributed by atoms with Gasteiger partial charge in [0.1, 0.15) is 18.2 Å². The summed E-state index contributed by atoms with van der Waals surface area (Å²) in [6, 6.07) is 8.82. The number of cyclic esters (lactones) is 1. The molecule has 2 rings (SSSR count). The predicted octanol–water partition coefficient (Wildman–Crippen LogP) is 6.85.